The first kappa shape index (κ1) is 20.0. The average Bonchev–Trinajstić information content (AvgIpc) is 3.31. The van der Waals surface area contributed by atoms with E-state index in [4.69, 9.17) is 18.9 Å². The van der Waals surface area contributed by atoms with Gasteiger partial charge in [0.15, 0.2) is 11.5 Å². The normalized spacial score (nSPS) is 15.6. The zero-order valence-corrected chi connectivity index (χ0v) is 17.3. The first-order valence-corrected chi connectivity index (χ1v) is 10.00. The maximum atomic E-state index is 6.20. The maximum absolute atomic E-state index is 6.20. The molecular formula is C24H26N2O4. The highest BCUT2D eigenvalue weighted by molar-refractivity contribution is 5.67. The summed E-state index contributed by atoms with van der Waals surface area (Å²) in [4.78, 5) is 6.48. The number of ether oxygens (including phenoxy) is 4. The molecule has 4 rings (SSSR count). The number of aromatic nitrogens is 1. The Morgan fingerprint density at radius 2 is 1.83 bits per heavy atom. The van der Waals surface area contributed by atoms with Crippen molar-refractivity contribution >= 4 is 11.4 Å². The Kier molecular flexibility index (Phi) is 6.35. The van der Waals surface area contributed by atoms with E-state index < -0.39 is 0 Å². The van der Waals surface area contributed by atoms with E-state index in [1.165, 1.54) is 0 Å². The fourth-order valence-corrected chi connectivity index (χ4v) is 3.48. The highest BCUT2D eigenvalue weighted by Crippen LogP contribution is 2.37. The van der Waals surface area contributed by atoms with Crippen LogP contribution in [-0.2, 0) is 11.3 Å². The number of pyridine rings is 1. The monoisotopic (exact) mass is 406 g/mol. The second kappa shape index (κ2) is 9.50. The minimum absolute atomic E-state index is 0.0434. The zero-order valence-electron chi connectivity index (χ0n) is 17.3. The van der Waals surface area contributed by atoms with Crippen LogP contribution in [0.4, 0.5) is 11.4 Å². The fourth-order valence-electron chi connectivity index (χ4n) is 3.48. The van der Waals surface area contributed by atoms with E-state index in [1.807, 2.05) is 54.7 Å². The lowest BCUT2D eigenvalue weighted by Crippen LogP contribution is -2.18. The molecular weight excluding hydrogens is 380 g/mol. The first-order valence-electron chi connectivity index (χ1n) is 10.00. The number of methoxy groups -OCH3 is 2. The molecule has 1 atom stereocenters. The van der Waals surface area contributed by atoms with Crippen molar-refractivity contribution in [2.45, 2.75) is 19.1 Å². The minimum atomic E-state index is 0.0434. The summed E-state index contributed by atoms with van der Waals surface area (Å²) in [6, 6.07) is 18.0. The third-order valence-electron chi connectivity index (χ3n) is 5.09. The van der Waals surface area contributed by atoms with E-state index in [0.29, 0.717) is 18.9 Å². The van der Waals surface area contributed by atoms with E-state index in [-0.39, 0.29) is 6.10 Å². The number of rotatable bonds is 8. The SMILES string of the molecule is COc1ccc(N(Cc2cccnc2)c2ccc(OC)c(OC3CCOC3)c2)cc1. The van der Waals surface area contributed by atoms with E-state index in [2.05, 4.69) is 16.0 Å². The Bertz CT molecular complexity index is 941. The molecule has 1 unspecified atom stereocenters. The van der Waals surface area contributed by atoms with Gasteiger partial charge >= 0.3 is 0 Å². The third kappa shape index (κ3) is 4.66. The second-order valence-electron chi connectivity index (χ2n) is 7.08. The van der Waals surface area contributed by atoms with Crippen molar-refractivity contribution in [1.82, 2.24) is 4.98 Å². The topological polar surface area (TPSA) is 53.1 Å². The van der Waals surface area contributed by atoms with Crippen molar-refractivity contribution in [3.8, 4) is 17.2 Å². The Hall–Kier alpha value is -3.25. The van der Waals surface area contributed by atoms with Crippen molar-refractivity contribution in [2.75, 3.05) is 32.3 Å². The van der Waals surface area contributed by atoms with Crippen molar-refractivity contribution in [3.05, 3.63) is 72.6 Å². The Labute approximate surface area is 177 Å². The highest BCUT2D eigenvalue weighted by atomic mass is 16.6. The lowest BCUT2D eigenvalue weighted by Gasteiger charge is -2.26. The first-order chi connectivity index (χ1) is 14.8. The molecule has 0 radical (unpaired) electrons. The van der Waals surface area contributed by atoms with E-state index in [1.54, 1.807) is 20.4 Å². The van der Waals surface area contributed by atoms with Gasteiger partial charge < -0.3 is 23.8 Å². The summed E-state index contributed by atoms with van der Waals surface area (Å²) in [5.41, 5.74) is 3.15. The molecule has 0 N–H and O–H groups in total. The summed E-state index contributed by atoms with van der Waals surface area (Å²) in [6.07, 6.45) is 4.59. The van der Waals surface area contributed by atoms with Gasteiger partial charge in [-0.1, -0.05) is 6.07 Å². The molecule has 2 aromatic carbocycles. The summed E-state index contributed by atoms with van der Waals surface area (Å²) in [5, 5.41) is 0. The van der Waals surface area contributed by atoms with Crippen LogP contribution in [0, 0.1) is 0 Å². The van der Waals surface area contributed by atoms with Crippen LogP contribution < -0.4 is 19.1 Å². The molecule has 1 aromatic heterocycles. The van der Waals surface area contributed by atoms with Crippen LogP contribution in [0.1, 0.15) is 12.0 Å². The van der Waals surface area contributed by atoms with Gasteiger partial charge in [0.05, 0.1) is 27.4 Å². The molecule has 0 spiro atoms. The van der Waals surface area contributed by atoms with Crippen LogP contribution in [0.15, 0.2) is 67.0 Å². The minimum Gasteiger partial charge on any atom is -0.497 e. The van der Waals surface area contributed by atoms with Gasteiger partial charge in [-0.3, -0.25) is 4.98 Å². The maximum Gasteiger partial charge on any atom is 0.163 e. The predicted octanol–water partition coefficient (Wildman–Crippen LogP) is 4.60. The van der Waals surface area contributed by atoms with E-state index in [9.17, 15) is 0 Å². The number of nitrogens with zero attached hydrogens (tertiary/aromatic N) is 2. The van der Waals surface area contributed by atoms with Gasteiger partial charge in [-0.15, -0.1) is 0 Å². The lowest BCUT2D eigenvalue weighted by molar-refractivity contribution is 0.138. The molecule has 3 aromatic rings. The molecule has 1 fully saturated rings. The van der Waals surface area contributed by atoms with Gasteiger partial charge in [-0.25, -0.2) is 0 Å². The molecule has 156 valence electrons. The largest absolute Gasteiger partial charge is 0.497 e. The molecule has 30 heavy (non-hydrogen) atoms. The third-order valence-corrected chi connectivity index (χ3v) is 5.09. The smallest absolute Gasteiger partial charge is 0.163 e. The van der Waals surface area contributed by atoms with Crippen LogP contribution >= 0.6 is 0 Å². The summed E-state index contributed by atoms with van der Waals surface area (Å²) >= 11 is 0. The van der Waals surface area contributed by atoms with Crippen molar-refractivity contribution in [2.24, 2.45) is 0 Å². The van der Waals surface area contributed by atoms with E-state index in [0.717, 1.165) is 41.5 Å². The fraction of sp³-hybridized carbons (Fsp3) is 0.292. The lowest BCUT2D eigenvalue weighted by atomic mass is 10.1. The predicted molar refractivity (Wildman–Crippen MR) is 116 cm³/mol. The van der Waals surface area contributed by atoms with Gasteiger partial charge in [0, 0.05) is 42.8 Å². The molecule has 0 saturated carbocycles. The number of hydrogen-bond acceptors (Lipinski definition) is 6. The summed E-state index contributed by atoms with van der Waals surface area (Å²) in [6.45, 7) is 2.00. The summed E-state index contributed by atoms with van der Waals surface area (Å²) < 4.78 is 22.5. The molecule has 1 aliphatic heterocycles. The molecule has 1 aliphatic rings. The zero-order chi connectivity index (χ0) is 20.8. The molecule has 0 aliphatic carbocycles. The number of benzene rings is 2. The van der Waals surface area contributed by atoms with Crippen LogP contribution in [0.5, 0.6) is 17.2 Å². The standard InChI is InChI=1S/C24H26N2O4/c1-27-21-8-5-19(6-9-21)26(16-18-4-3-12-25-15-18)20-7-10-23(28-2)24(14-20)30-22-11-13-29-17-22/h3-10,12,14-15,22H,11,13,16-17H2,1-2H3. The van der Waals surface area contributed by atoms with Gasteiger partial charge in [0.25, 0.3) is 0 Å². The Morgan fingerprint density at radius 3 is 2.50 bits per heavy atom. The molecule has 6 heteroatoms. The molecule has 6 nitrogen and oxygen atoms in total. The van der Waals surface area contributed by atoms with Crippen LogP contribution in [0.2, 0.25) is 0 Å². The molecule has 0 amide bonds. The van der Waals surface area contributed by atoms with Crippen molar-refractivity contribution in [1.29, 1.82) is 0 Å². The number of anilines is 2. The molecule has 2 heterocycles. The quantitative estimate of drug-likeness (QED) is 0.545. The van der Waals surface area contributed by atoms with Crippen LogP contribution in [-0.4, -0.2) is 38.5 Å². The Morgan fingerprint density at radius 1 is 1.00 bits per heavy atom. The highest BCUT2D eigenvalue weighted by Gasteiger charge is 2.20. The van der Waals surface area contributed by atoms with Gasteiger partial charge in [-0.05, 0) is 48.0 Å². The average molecular weight is 406 g/mol. The molecule has 1 saturated heterocycles. The molecule has 0 bridgehead atoms. The van der Waals surface area contributed by atoms with E-state index >= 15 is 0 Å². The van der Waals surface area contributed by atoms with Crippen molar-refractivity contribution in [3.63, 3.8) is 0 Å². The second-order valence-corrected chi connectivity index (χ2v) is 7.08. The van der Waals surface area contributed by atoms with Crippen LogP contribution in [0.25, 0.3) is 0 Å². The van der Waals surface area contributed by atoms with Gasteiger partial charge in [-0.2, -0.15) is 0 Å². The summed E-state index contributed by atoms with van der Waals surface area (Å²) in [7, 11) is 3.33. The Balaban J connectivity index is 1.69. The van der Waals surface area contributed by atoms with Crippen LogP contribution in [0.3, 0.4) is 0 Å². The van der Waals surface area contributed by atoms with Gasteiger partial charge in [0.1, 0.15) is 11.9 Å². The summed E-state index contributed by atoms with van der Waals surface area (Å²) in [5.74, 6) is 2.25. The van der Waals surface area contributed by atoms with Gasteiger partial charge in [0.2, 0.25) is 0 Å². The van der Waals surface area contributed by atoms with Crippen molar-refractivity contribution < 1.29 is 18.9 Å². The number of hydrogen-bond donors (Lipinski definition) is 0.